The van der Waals surface area contributed by atoms with Crippen molar-refractivity contribution in [3.8, 4) is 0 Å². The van der Waals surface area contributed by atoms with Crippen LogP contribution >= 0.6 is 34.9 Å². The molecule has 1 aliphatic carbocycles. The van der Waals surface area contributed by atoms with E-state index >= 15 is 0 Å². The summed E-state index contributed by atoms with van der Waals surface area (Å²) in [6, 6.07) is 22.0. The number of carbonyl (C=O) groups excluding carboxylic acids is 1. The molecule has 2 aromatic carbocycles. The minimum Gasteiger partial charge on any atom is -0.450 e. The maximum atomic E-state index is 13.5. The fourth-order valence-electron chi connectivity index (χ4n) is 4.42. The van der Waals surface area contributed by atoms with Gasteiger partial charge in [0.15, 0.2) is 14.6 Å². The molecular formula is C27H23N3O2S3. The van der Waals surface area contributed by atoms with E-state index in [2.05, 4.69) is 11.1 Å². The SMILES string of the molecule is O=C1/C(=C/c2ccc(Sc3nc4ccccc4s3)o2)SC(=Nc2ccccc2)N1C1CCCCC1. The first-order valence-electron chi connectivity index (χ1n) is 11.7. The van der Waals surface area contributed by atoms with Crippen molar-refractivity contribution in [1.29, 1.82) is 0 Å². The Kier molecular flexibility index (Phi) is 6.50. The topological polar surface area (TPSA) is 58.7 Å². The van der Waals surface area contributed by atoms with E-state index in [1.807, 2.05) is 71.6 Å². The van der Waals surface area contributed by atoms with Gasteiger partial charge in [0.25, 0.3) is 5.91 Å². The minimum absolute atomic E-state index is 0.0216. The summed E-state index contributed by atoms with van der Waals surface area (Å²) < 4.78 is 8.15. The largest absolute Gasteiger partial charge is 0.450 e. The third-order valence-electron chi connectivity index (χ3n) is 6.10. The van der Waals surface area contributed by atoms with E-state index < -0.39 is 0 Å². The fraction of sp³-hybridized carbons (Fsp3) is 0.222. The van der Waals surface area contributed by atoms with E-state index in [9.17, 15) is 4.79 Å². The van der Waals surface area contributed by atoms with Crippen LogP contribution in [0.15, 0.2) is 90.5 Å². The van der Waals surface area contributed by atoms with Crippen molar-refractivity contribution in [3.05, 3.63) is 77.4 Å². The van der Waals surface area contributed by atoms with Crippen molar-refractivity contribution >= 4 is 67.9 Å². The number of furan rings is 1. The van der Waals surface area contributed by atoms with E-state index in [0.717, 1.165) is 56.2 Å². The number of carbonyl (C=O) groups is 1. The van der Waals surface area contributed by atoms with Crippen LogP contribution in [-0.2, 0) is 4.79 Å². The third kappa shape index (κ3) is 4.96. The normalized spacial score (nSPS) is 19.4. The lowest BCUT2D eigenvalue weighted by Crippen LogP contribution is -2.40. The Balaban J connectivity index is 1.25. The van der Waals surface area contributed by atoms with Crippen LogP contribution in [-0.4, -0.2) is 27.0 Å². The predicted octanol–water partition coefficient (Wildman–Crippen LogP) is 7.98. The van der Waals surface area contributed by atoms with Crippen LogP contribution in [0.2, 0.25) is 0 Å². The van der Waals surface area contributed by atoms with Crippen molar-refractivity contribution in [3.63, 3.8) is 0 Å². The van der Waals surface area contributed by atoms with Crippen LogP contribution in [0.1, 0.15) is 37.9 Å². The first-order chi connectivity index (χ1) is 17.2. The van der Waals surface area contributed by atoms with Crippen LogP contribution in [0, 0.1) is 0 Å². The van der Waals surface area contributed by atoms with E-state index in [0.29, 0.717) is 10.7 Å². The molecule has 176 valence electrons. The summed E-state index contributed by atoms with van der Waals surface area (Å²) in [5.74, 6) is 0.683. The Hall–Kier alpha value is -2.81. The molecule has 1 amide bonds. The second kappa shape index (κ2) is 10.0. The van der Waals surface area contributed by atoms with Gasteiger partial charge < -0.3 is 4.42 Å². The highest BCUT2D eigenvalue weighted by atomic mass is 32.2. The van der Waals surface area contributed by atoms with Crippen LogP contribution < -0.4 is 0 Å². The highest BCUT2D eigenvalue weighted by Gasteiger charge is 2.38. The maximum Gasteiger partial charge on any atom is 0.267 e. The zero-order valence-electron chi connectivity index (χ0n) is 18.9. The van der Waals surface area contributed by atoms with Gasteiger partial charge in [-0.25, -0.2) is 9.98 Å². The molecule has 3 heterocycles. The van der Waals surface area contributed by atoms with Crippen molar-refractivity contribution in [2.24, 2.45) is 4.99 Å². The lowest BCUT2D eigenvalue weighted by Gasteiger charge is -2.30. The van der Waals surface area contributed by atoms with E-state index in [1.54, 1.807) is 11.3 Å². The van der Waals surface area contributed by atoms with Gasteiger partial charge in [-0.1, -0.05) is 49.6 Å². The number of amides is 1. The predicted molar refractivity (Wildman–Crippen MR) is 145 cm³/mol. The third-order valence-corrected chi connectivity index (χ3v) is 9.10. The molecule has 0 atom stereocenters. The highest BCUT2D eigenvalue weighted by Crippen LogP contribution is 2.40. The average molecular weight is 518 g/mol. The number of hydrogen-bond acceptors (Lipinski definition) is 7. The smallest absolute Gasteiger partial charge is 0.267 e. The number of aliphatic imine (C=N–C) groups is 1. The zero-order valence-corrected chi connectivity index (χ0v) is 21.4. The molecule has 0 radical (unpaired) electrons. The molecule has 0 spiro atoms. The number of thioether (sulfide) groups is 1. The van der Waals surface area contributed by atoms with Crippen molar-refractivity contribution in [2.45, 2.75) is 47.6 Å². The van der Waals surface area contributed by atoms with Crippen LogP contribution in [0.3, 0.4) is 0 Å². The number of amidine groups is 1. The Morgan fingerprint density at radius 3 is 2.63 bits per heavy atom. The van der Waals surface area contributed by atoms with Gasteiger partial charge in [0.2, 0.25) is 0 Å². The summed E-state index contributed by atoms with van der Waals surface area (Å²) in [6.07, 6.45) is 7.44. The molecule has 1 saturated carbocycles. The molecule has 0 bridgehead atoms. The number of benzene rings is 2. The summed E-state index contributed by atoms with van der Waals surface area (Å²) in [5, 5.41) is 1.52. The zero-order chi connectivity index (χ0) is 23.6. The average Bonchev–Trinajstić information content (AvgIpc) is 3.58. The lowest BCUT2D eigenvalue weighted by molar-refractivity contribution is -0.124. The van der Waals surface area contributed by atoms with Crippen LogP contribution in [0.5, 0.6) is 0 Å². The van der Waals surface area contributed by atoms with E-state index in [-0.39, 0.29) is 11.9 Å². The Labute approximate surface area is 216 Å². The summed E-state index contributed by atoms with van der Waals surface area (Å²) in [4.78, 5) is 25.6. The molecule has 2 aliphatic rings. The summed E-state index contributed by atoms with van der Waals surface area (Å²) >= 11 is 4.59. The highest BCUT2D eigenvalue weighted by molar-refractivity contribution is 8.18. The number of rotatable bonds is 5. The summed E-state index contributed by atoms with van der Waals surface area (Å²) in [5.41, 5.74) is 1.85. The van der Waals surface area contributed by atoms with Crippen LogP contribution in [0.25, 0.3) is 16.3 Å². The van der Waals surface area contributed by atoms with Gasteiger partial charge >= 0.3 is 0 Å². The number of para-hydroxylation sites is 2. The van der Waals surface area contributed by atoms with E-state index in [4.69, 9.17) is 9.41 Å². The van der Waals surface area contributed by atoms with Gasteiger partial charge in [-0.05, 0) is 72.8 Å². The van der Waals surface area contributed by atoms with Gasteiger partial charge in [0, 0.05) is 12.1 Å². The molecule has 2 fully saturated rings. The molecule has 6 rings (SSSR count). The second-order valence-corrected chi connectivity index (χ2v) is 11.8. The molecule has 4 aromatic rings. The number of nitrogens with zero attached hydrogens (tertiary/aromatic N) is 3. The van der Waals surface area contributed by atoms with Crippen molar-refractivity contribution < 1.29 is 9.21 Å². The van der Waals surface area contributed by atoms with Gasteiger partial charge in [-0.3, -0.25) is 9.69 Å². The first kappa shape index (κ1) is 22.6. The Bertz CT molecular complexity index is 1380. The molecule has 35 heavy (non-hydrogen) atoms. The number of thiazole rings is 1. The molecule has 0 unspecified atom stereocenters. The van der Waals surface area contributed by atoms with Gasteiger partial charge in [-0.2, -0.15) is 0 Å². The molecule has 0 N–H and O–H groups in total. The van der Waals surface area contributed by atoms with Crippen molar-refractivity contribution in [2.75, 3.05) is 0 Å². The molecular weight excluding hydrogens is 495 g/mol. The monoisotopic (exact) mass is 517 g/mol. The number of hydrogen-bond donors (Lipinski definition) is 0. The Morgan fingerprint density at radius 1 is 1.00 bits per heavy atom. The fourth-order valence-corrected chi connectivity index (χ4v) is 7.42. The maximum absolute atomic E-state index is 13.5. The molecule has 5 nitrogen and oxygen atoms in total. The molecule has 2 aromatic heterocycles. The first-order valence-corrected chi connectivity index (χ1v) is 14.2. The lowest BCUT2D eigenvalue weighted by atomic mass is 9.94. The van der Waals surface area contributed by atoms with Gasteiger partial charge in [0.1, 0.15) is 5.76 Å². The number of fused-ring (bicyclic) bond motifs is 1. The van der Waals surface area contributed by atoms with Crippen LogP contribution in [0.4, 0.5) is 5.69 Å². The molecule has 8 heteroatoms. The molecule has 1 saturated heterocycles. The second-order valence-electron chi connectivity index (χ2n) is 8.51. The quantitative estimate of drug-likeness (QED) is 0.251. The van der Waals surface area contributed by atoms with Gasteiger partial charge in [-0.15, -0.1) is 11.3 Å². The van der Waals surface area contributed by atoms with Crippen molar-refractivity contribution in [1.82, 2.24) is 9.88 Å². The van der Waals surface area contributed by atoms with E-state index in [1.165, 1.54) is 29.9 Å². The summed E-state index contributed by atoms with van der Waals surface area (Å²) in [7, 11) is 0. The minimum atomic E-state index is 0.0216. The standard InChI is InChI=1S/C27H23N3O2S3/c31-25-23(17-20-15-16-24(32-20)35-27-29-21-13-7-8-14-22(21)34-27)33-26(28-18-9-3-1-4-10-18)30(25)19-11-5-2-6-12-19/h1,3-4,7-10,13-17,19H,2,5-6,11-12H2/b23-17-,28-26?. The summed E-state index contributed by atoms with van der Waals surface area (Å²) in [6.45, 7) is 0. The molecule has 1 aliphatic heterocycles. The Morgan fingerprint density at radius 2 is 1.80 bits per heavy atom. The van der Waals surface area contributed by atoms with Gasteiger partial charge in [0.05, 0.1) is 20.8 Å². The number of aromatic nitrogens is 1.